The topological polar surface area (TPSA) is 30.5 Å². The van der Waals surface area contributed by atoms with Gasteiger partial charge in [0.1, 0.15) is 0 Å². The molecule has 18 heavy (non-hydrogen) atoms. The fourth-order valence-corrected chi connectivity index (χ4v) is 3.47. The van der Waals surface area contributed by atoms with E-state index in [0.717, 1.165) is 57.6 Å². The van der Waals surface area contributed by atoms with Crippen molar-refractivity contribution >= 4 is 0 Å². The summed E-state index contributed by atoms with van der Waals surface area (Å²) in [7, 11) is 0. The van der Waals surface area contributed by atoms with Crippen LogP contribution in [-0.4, -0.2) is 38.5 Å². The van der Waals surface area contributed by atoms with E-state index in [-0.39, 0.29) is 5.60 Å². The van der Waals surface area contributed by atoms with Gasteiger partial charge >= 0.3 is 0 Å². The van der Waals surface area contributed by atoms with Gasteiger partial charge in [0.2, 0.25) is 0 Å². The van der Waals surface area contributed by atoms with E-state index < -0.39 is 0 Å². The lowest BCUT2D eigenvalue weighted by atomic mass is 9.77. The number of hydrogen-bond donors (Lipinski definition) is 1. The molecule has 2 saturated heterocycles. The van der Waals surface area contributed by atoms with Crippen LogP contribution in [0, 0.1) is 11.8 Å². The van der Waals surface area contributed by atoms with Crippen molar-refractivity contribution < 1.29 is 9.47 Å². The molecule has 0 radical (unpaired) electrons. The van der Waals surface area contributed by atoms with Crippen LogP contribution in [0.2, 0.25) is 0 Å². The van der Waals surface area contributed by atoms with Gasteiger partial charge in [0.05, 0.1) is 5.60 Å². The van der Waals surface area contributed by atoms with E-state index in [1.54, 1.807) is 0 Å². The van der Waals surface area contributed by atoms with E-state index in [1.165, 1.54) is 19.3 Å². The van der Waals surface area contributed by atoms with Crippen molar-refractivity contribution in [2.75, 3.05) is 32.9 Å². The largest absolute Gasteiger partial charge is 0.381 e. The first kappa shape index (κ1) is 14.3. The summed E-state index contributed by atoms with van der Waals surface area (Å²) in [5, 5.41) is 3.46. The molecule has 3 nitrogen and oxygen atoms in total. The molecule has 2 fully saturated rings. The highest BCUT2D eigenvalue weighted by atomic mass is 16.5. The molecule has 2 aliphatic rings. The summed E-state index contributed by atoms with van der Waals surface area (Å²) in [6.07, 6.45) is 6.06. The molecule has 0 bridgehead atoms. The first-order chi connectivity index (χ1) is 8.74. The summed E-state index contributed by atoms with van der Waals surface area (Å²) >= 11 is 0. The SMILES string of the molecule is CCNCC(C)CC1CCOC2(CCOCC2)C1. The van der Waals surface area contributed by atoms with Gasteiger partial charge in [-0.25, -0.2) is 0 Å². The Morgan fingerprint density at radius 2 is 2.06 bits per heavy atom. The second kappa shape index (κ2) is 6.88. The standard InChI is InChI=1S/C15H29NO2/c1-3-16-12-13(2)10-14-4-7-18-15(11-14)5-8-17-9-6-15/h13-14,16H,3-12H2,1-2H3. The van der Waals surface area contributed by atoms with Crippen LogP contribution in [0.15, 0.2) is 0 Å². The third-order valence-corrected chi connectivity index (χ3v) is 4.48. The Kier molecular flexibility index (Phi) is 5.46. The fourth-order valence-electron chi connectivity index (χ4n) is 3.47. The van der Waals surface area contributed by atoms with Crippen molar-refractivity contribution in [1.29, 1.82) is 0 Å². The summed E-state index contributed by atoms with van der Waals surface area (Å²) in [6.45, 7) is 9.52. The molecular weight excluding hydrogens is 226 g/mol. The predicted molar refractivity (Wildman–Crippen MR) is 73.8 cm³/mol. The van der Waals surface area contributed by atoms with Crippen LogP contribution in [0.4, 0.5) is 0 Å². The minimum atomic E-state index is 0.166. The molecule has 0 aromatic rings. The van der Waals surface area contributed by atoms with Crippen LogP contribution < -0.4 is 5.32 Å². The van der Waals surface area contributed by atoms with Gasteiger partial charge in [-0.2, -0.15) is 0 Å². The molecule has 0 saturated carbocycles. The van der Waals surface area contributed by atoms with Crippen molar-refractivity contribution in [2.24, 2.45) is 11.8 Å². The average Bonchev–Trinajstić information content (AvgIpc) is 2.37. The van der Waals surface area contributed by atoms with Gasteiger partial charge in [-0.1, -0.05) is 13.8 Å². The molecule has 2 heterocycles. The fraction of sp³-hybridized carbons (Fsp3) is 1.00. The van der Waals surface area contributed by atoms with Crippen molar-refractivity contribution in [1.82, 2.24) is 5.32 Å². The average molecular weight is 255 g/mol. The Morgan fingerprint density at radius 3 is 2.78 bits per heavy atom. The Morgan fingerprint density at radius 1 is 1.28 bits per heavy atom. The van der Waals surface area contributed by atoms with Crippen molar-refractivity contribution in [3.8, 4) is 0 Å². The molecule has 1 spiro atoms. The number of hydrogen-bond acceptors (Lipinski definition) is 3. The zero-order valence-electron chi connectivity index (χ0n) is 12.0. The molecular formula is C15H29NO2. The lowest BCUT2D eigenvalue weighted by Crippen LogP contribution is -2.44. The van der Waals surface area contributed by atoms with Crippen LogP contribution >= 0.6 is 0 Å². The smallest absolute Gasteiger partial charge is 0.0729 e. The van der Waals surface area contributed by atoms with E-state index in [0.29, 0.717) is 0 Å². The molecule has 0 aliphatic carbocycles. The van der Waals surface area contributed by atoms with Gasteiger partial charge in [-0.15, -0.1) is 0 Å². The zero-order chi connectivity index (χ0) is 12.8. The van der Waals surface area contributed by atoms with Crippen LogP contribution in [-0.2, 0) is 9.47 Å². The number of nitrogens with one attached hydrogen (secondary N) is 1. The van der Waals surface area contributed by atoms with E-state index in [2.05, 4.69) is 19.2 Å². The van der Waals surface area contributed by atoms with E-state index in [4.69, 9.17) is 9.47 Å². The third kappa shape index (κ3) is 3.94. The van der Waals surface area contributed by atoms with Gasteiger partial charge in [-0.05, 0) is 57.0 Å². The molecule has 3 heteroatoms. The molecule has 0 amide bonds. The maximum Gasteiger partial charge on any atom is 0.0729 e. The van der Waals surface area contributed by atoms with E-state index in [9.17, 15) is 0 Å². The summed E-state index contributed by atoms with van der Waals surface area (Å²) in [4.78, 5) is 0. The summed E-state index contributed by atoms with van der Waals surface area (Å²) in [5.74, 6) is 1.63. The molecule has 2 atom stereocenters. The quantitative estimate of drug-likeness (QED) is 0.819. The van der Waals surface area contributed by atoms with Gasteiger partial charge in [-0.3, -0.25) is 0 Å². The highest BCUT2D eigenvalue weighted by Crippen LogP contribution is 2.39. The van der Waals surface area contributed by atoms with Crippen LogP contribution in [0.5, 0.6) is 0 Å². The second-order valence-electron chi connectivity index (χ2n) is 6.15. The van der Waals surface area contributed by atoms with E-state index >= 15 is 0 Å². The Balaban J connectivity index is 1.79. The lowest BCUT2D eigenvalue weighted by Gasteiger charge is -2.44. The molecule has 0 aromatic carbocycles. The van der Waals surface area contributed by atoms with E-state index in [1.807, 2.05) is 0 Å². The molecule has 0 aromatic heterocycles. The Bertz CT molecular complexity index is 233. The molecule has 2 aliphatic heterocycles. The second-order valence-corrected chi connectivity index (χ2v) is 6.15. The predicted octanol–water partition coefficient (Wildman–Crippen LogP) is 2.60. The Hall–Kier alpha value is -0.120. The molecule has 2 rings (SSSR count). The van der Waals surface area contributed by atoms with Gasteiger partial charge in [0.25, 0.3) is 0 Å². The van der Waals surface area contributed by atoms with Crippen molar-refractivity contribution in [3.63, 3.8) is 0 Å². The molecule has 2 unspecified atom stereocenters. The molecule has 1 N–H and O–H groups in total. The first-order valence-electron chi connectivity index (χ1n) is 7.66. The van der Waals surface area contributed by atoms with Gasteiger partial charge < -0.3 is 14.8 Å². The van der Waals surface area contributed by atoms with Gasteiger partial charge in [0.15, 0.2) is 0 Å². The van der Waals surface area contributed by atoms with Crippen LogP contribution in [0.1, 0.15) is 46.0 Å². The highest BCUT2D eigenvalue weighted by molar-refractivity contribution is 4.89. The highest BCUT2D eigenvalue weighted by Gasteiger charge is 2.39. The van der Waals surface area contributed by atoms with Crippen LogP contribution in [0.3, 0.4) is 0 Å². The number of ether oxygens (including phenoxy) is 2. The Labute approximate surface area is 112 Å². The van der Waals surface area contributed by atoms with Crippen LogP contribution in [0.25, 0.3) is 0 Å². The lowest BCUT2D eigenvalue weighted by molar-refractivity contribution is -0.148. The first-order valence-corrected chi connectivity index (χ1v) is 7.66. The van der Waals surface area contributed by atoms with Crippen molar-refractivity contribution in [2.45, 2.75) is 51.6 Å². The summed E-state index contributed by atoms with van der Waals surface area (Å²) < 4.78 is 11.6. The summed E-state index contributed by atoms with van der Waals surface area (Å²) in [5.41, 5.74) is 0.166. The summed E-state index contributed by atoms with van der Waals surface area (Å²) in [6, 6.07) is 0. The van der Waals surface area contributed by atoms with Crippen molar-refractivity contribution in [3.05, 3.63) is 0 Å². The third-order valence-electron chi connectivity index (χ3n) is 4.48. The number of rotatable bonds is 5. The monoisotopic (exact) mass is 255 g/mol. The normalized spacial score (nSPS) is 29.3. The minimum Gasteiger partial charge on any atom is -0.381 e. The minimum absolute atomic E-state index is 0.166. The molecule has 106 valence electrons. The van der Waals surface area contributed by atoms with Gasteiger partial charge in [0, 0.05) is 19.8 Å². The zero-order valence-corrected chi connectivity index (χ0v) is 12.0. The maximum absolute atomic E-state index is 6.10. The maximum atomic E-state index is 6.10.